The number of halogens is 2. The summed E-state index contributed by atoms with van der Waals surface area (Å²) in [6, 6.07) is 7.20. The van der Waals surface area contributed by atoms with E-state index in [0.717, 1.165) is 5.56 Å². The first-order chi connectivity index (χ1) is 6.11. The molecule has 0 aromatic heterocycles. The molecule has 1 aromatic carbocycles. The number of benzene rings is 1. The first-order valence-corrected chi connectivity index (χ1v) is 4.97. The molecule has 13 heavy (non-hydrogen) atoms. The fourth-order valence-corrected chi connectivity index (χ4v) is 1.94. The Bertz CT molecular complexity index is 314. The molecule has 0 heterocycles. The summed E-state index contributed by atoms with van der Waals surface area (Å²) in [6.07, 6.45) is 0.189. The van der Waals surface area contributed by atoms with Crippen molar-refractivity contribution in [2.24, 2.45) is 0 Å². The van der Waals surface area contributed by atoms with Crippen LogP contribution in [0.1, 0.15) is 17.4 Å². The maximum absolute atomic E-state index is 10.7. The third-order valence-corrected chi connectivity index (χ3v) is 2.51. The number of hydrogen-bond acceptors (Lipinski definition) is 1. The van der Waals surface area contributed by atoms with Crippen molar-refractivity contribution in [3.63, 3.8) is 0 Å². The number of carbonyl (C=O) groups is 1. The van der Waals surface area contributed by atoms with Crippen molar-refractivity contribution in [1.29, 1.82) is 0 Å². The van der Waals surface area contributed by atoms with Gasteiger partial charge in [-0.15, -0.1) is 24.2 Å². The molecule has 0 fully saturated rings. The molecule has 4 heteroatoms. The van der Waals surface area contributed by atoms with Crippen molar-refractivity contribution in [1.82, 2.24) is 0 Å². The van der Waals surface area contributed by atoms with E-state index in [0.29, 0.717) is 5.02 Å². The Morgan fingerprint density at radius 3 is 2.62 bits per heavy atom. The highest BCUT2D eigenvalue weighted by atomic mass is 35.5. The van der Waals surface area contributed by atoms with Crippen LogP contribution < -0.4 is 0 Å². The fraction of sp³-hybridized carbons (Fsp3) is 0.222. The Balaban J connectivity index is 2.82. The molecular weight excluding hydrogens is 227 g/mol. The van der Waals surface area contributed by atoms with E-state index >= 15 is 0 Å². The van der Waals surface area contributed by atoms with Crippen LogP contribution >= 0.6 is 35.8 Å². The average Bonchev–Trinajstić information content (AvgIpc) is 2.03. The van der Waals surface area contributed by atoms with Gasteiger partial charge >= 0.3 is 0 Å². The summed E-state index contributed by atoms with van der Waals surface area (Å²) in [4.78, 5) is 10.7. The van der Waals surface area contributed by atoms with Crippen molar-refractivity contribution < 1.29 is 4.79 Å². The van der Waals surface area contributed by atoms with E-state index < -0.39 is 5.38 Å². The second-order valence-electron chi connectivity index (χ2n) is 2.59. The Morgan fingerprint density at radius 2 is 2.08 bits per heavy atom. The van der Waals surface area contributed by atoms with E-state index in [1.54, 1.807) is 12.1 Å². The maximum Gasteiger partial charge on any atom is 0.187 e. The van der Waals surface area contributed by atoms with Crippen LogP contribution in [0.5, 0.6) is 0 Å². The summed E-state index contributed by atoms with van der Waals surface area (Å²) >= 11 is 15.5. The predicted octanol–water partition coefficient (Wildman–Crippen LogP) is 3.47. The Labute approximate surface area is 92.4 Å². The maximum atomic E-state index is 10.7. The number of hydrogen-bond donors (Lipinski definition) is 1. The van der Waals surface area contributed by atoms with Crippen LogP contribution in [-0.2, 0) is 4.79 Å². The molecule has 0 saturated heterocycles. The molecule has 0 spiro atoms. The normalized spacial score (nSPS) is 12.5. The van der Waals surface area contributed by atoms with Crippen molar-refractivity contribution in [3.05, 3.63) is 34.9 Å². The van der Waals surface area contributed by atoms with Gasteiger partial charge in [-0.2, -0.15) is 0 Å². The summed E-state index contributed by atoms with van der Waals surface area (Å²) in [7, 11) is 0. The largest absolute Gasteiger partial charge is 0.287 e. The van der Waals surface area contributed by atoms with Crippen LogP contribution in [0.4, 0.5) is 0 Å². The highest BCUT2D eigenvalue weighted by Gasteiger charge is 2.13. The highest BCUT2D eigenvalue weighted by molar-refractivity contribution is 7.96. The van der Waals surface area contributed by atoms with Crippen LogP contribution in [0.2, 0.25) is 5.02 Å². The Kier molecular flexibility index (Phi) is 4.10. The smallest absolute Gasteiger partial charge is 0.187 e. The minimum atomic E-state index is -0.390. The molecule has 1 atom stereocenters. The molecule has 0 amide bonds. The van der Waals surface area contributed by atoms with Gasteiger partial charge in [0, 0.05) is 11.4 Å². The molecule has 70 valence electrons. The lowest BCUT2D eigenvalue weighted by Gasteiger charge is -2.08. The lowest BCUT2D eigenvalue weighted by Crippen LogP contribution is -1.96. The van der Waals surface area contributed by atoms with E-state index in [1.807, 2.05) is 12.1 Å². The third kappa shape index (κ3) is 3.22. The van der Waals surface area contributed by atoms with Gasteiger partial charge in [-0.1, -0.05) is 29.8 Å². The lowest BCUT2D eigenvalue weighted by atomic mass is 10.1. The minimum absolute atomic E-state index is 0.189. The number of carbonyl (C=O) groups excluding carboxylic acids is 1. The topological polar surface area (TPSA) is 17.1 Å². The van der Waals surface area contributed by atoms with Crippen molar-refractivity contribution in [2.45, 2.75) is 11.8 Å². The van der Waals surface area contributed by atoms with Gasteiger partial charge in [-0.25, -0.2) is 0 Å². The Hall–Kier alpha value is -0.180. The zero-order valence-electron chi connectivity index (χ0n) is 6.71. The van der Waals surface area contributed by atoms with E-state index in [9.17, 15) is 4.79 Å². The van der Waals surface area contributed by atoms with Crippen LogP contribution in [0, 0.1) is 0 Å². The van der Waals surface area contributed by atoms with Crippen molar-refractivity contribution in [3.8, 4) is 0 Å². The lowest BCUT2D eigenvalue weighted by molar-refractivity contribution is -0.110. The standard InChI is InChI=1S/C9H8Cl2OS/c10-7-4-2-1-3-6(7)8(11)5-9(12)13/h1-4,8H,5H2,(H,12,13). The number of alkyl halides is 1. The van der Waals surface area contributed by atoms with Gasteiger partial charge in [0.05, 0.1) is 5.38 Å². The zero-order valence-corrected chi connectivity index (χ0v) is 9.11. The second-order valence-corrected chi connectivity index (χ2v) is 4.02. The molecule has 0 aliphatic heterocycles. The summed E-state index contributed by atoms with van der Waals surface area (Å²) in [5, 5.41) is -0.0456. The third-order valence-electron chi connectivity index (χ3n) is 1.60. The molecule has 0 aliphatic carbocycles. The zero-order chi connectivity index (χ0) is 9.84. The monoisotopic (exact) mass is 234 g/mol. The van der Waals surface area contributed by atoms with Crippen LogP contribution in [-0.4, -0.2) is 5.12 Å². The van der Waals surface area contributed by atoms with Crippen molar-refractivity contribution >= 4 is 40.9 Å². The van der Waals surface area contributed by atoms with Crippen LogP contribution in [0.15, 0.2) is 24.3 Å². The van der Waals surface area contributed by atoms with Gasteiger partial charge in [0.25, 0.3) is 0 Å². The molecule has 1 rings (SSSR count). The first kappa shape index (κ1) is 10.9. The molecule has 0 N–H and O–H groups in total. The van der Waals surface area contributed by atoms with E-state index in [1.165, 1.54) is 0 Å². The molecule has 0 bridgehead atoms. The molecule has 1 aromatic rings. The van der Waals surface area contributed by atoms with Gasteiger partial charge in [0.1, 0.15) is 0 Å². The van der Waals surface area contributed by atoms with Gasteiger partial charge < -0.3 is 0 Å². The SMILES string of the molecule is O=C(S)CC(Cl)c1ccccc1Cl. The van der Waals surface area contributed by atoms with Crippen LogP contribution in [0.3, 0.4) is 0 Å². The summed E-state index contributed by atoms with van der Waals surface area (Å²) in [5.41, 5.74) is 0.772. The Morgan fingerprint density at radius 1 is 1.46 bits per heavy atom. The first-order valence-electron chi connectivity index (χ1n) is 3.71. The minimum Gasteiger partial charge on any atom is -0.287 e. The van der Waals surface area contributed by atoms with Gasteiger partial charge in [-0.05, 0) is 11.6 Å². The molecule has 0 aliphatic rings. The van der Waals surface area contributed by atoms with E-state index in [-0.39, 0.29) is 11.5 Å². The van der Waals surface area contributed by atoms with Gasteiger partial charge in [-0.3, -0.25) is 4.79 Å². The molecular formula is C9H8Cl2OS. The van der Waals surface area contributed by atoms with Crippen LogP contribution in [0.25, 0.3) is 0 Å². The highest BCUT2D eigenvalue weighted by Crippen LogP contribution is 2.30. The second kappa shape index (κ2) is 4.89. The quantitative estimate of drug-likeness (QED) is 0.627. The number of thiol groups is 1. The summed E-state index contributed by atoms with van der Waals surface area (Å²) in [6.45, 7) is 0. The molecule has 0 radical (unpaired) electrons. The van der Waals surface area contributed by atoms with Crippen molar-refractivity contribution in [2.75, 3.05) is 0 Å². The molecule has 0 saturated carbocycles. The summed E-state index contributed by atoms with van der Waals surface area (Å²) in [5.74, 6) is 0. The predicted molar refractivity (Wildman–Crippen MR) is 58.7 cm³/mol. The van der Waals surface area contributed by atoms with E-state index in [2.05, 4.69) is 12.6 Å². The molecule has 1 unspecified atom stereocenters. The molecule has 1 nitrogen and oxygen atoms in total. The fourth-order valence-electron chi connectivity index (χ4n) is 0.992. The van der Waals surface area contributed by atoms with Gasteiger partial charge in [0.2, 0.25) is 0 Å². The number of rotatable bonds is 3. The van der Waals surface area contributed by atoms with Gasteiger partial charge in [0.15, 0.2) is 5.12 Å². The summed E-state index contributed by atoms with van der Waals surface area (Å²) < 4.78 is 0. The van der Waals surface area contributed by atoms with E-state index in [4.69, 9.17) is 23.2 Å². The average molecular weight is 235 g/mol.